The van der Waals surface area contributed by atoms with Gasteiger partial charge in [0.2, 0.25) is 0 Å². The van der Waals surface area contributed by atoms with Crippen LogP contribution in [0.4, 0.5) is 5.69 Å². The maximum absolute atomic E-state index is 5.28. The van der Waals surface area contributed by atoms with E-state index in [1.54, 1.807) is 7.11 Å². The van der Waals surface area contributed by atoms with E-state index >= 15 is 0 Å². The minimum Gasteiger partial charge on any atom is -0.497 e. The quantitative estimate of drug-likeness (QED) is 0.812. The first-order valence-corrected chi connectivity index (χ1v) is 6.67. The van der Waals surface area contributed by atoms with Gasteiger partial charge in [-0.2, -0.15) is 0 Å². The summed E-state index contributed by atoms with van der Waals surface area (Å²) >= 11 is 0. The Hall–Kier alpha value is -1.22. The molecule has 0 spiro atoms. The highest BCUT2D eigenvalue weighted by Gasteiger charge is 2.20. The van der Waals surface area contributed by atoms with E-state index in [9.17, 15) is 0 Å². The van der Waals surface area contributed by atoms with E-state index in [1.807, 2.05) is 6.07 Å². The zero-order valence-corrected chi connectivity index (χ0v) is 11.4. The van der Waals surface area contributed by atoms with Crippen molar-refractivity contribution in [2.45, 2.75) is 19.4 Å². The van der Waals surface area contributed by atoms with E-state index in [0.717, 1.165) is 38.3 Å². The summed E-state index contributed by atoms with van der Waals surface area (Å²) in [6.07, 6.45) is 0.985. The molecule has 1 aromatic carbocycles. The molecule has 0 bridgehead atoms. The molecule has 99 valence electrons. The van der Waals surface area contributed by atoms with Crippen LogP contribution in [0.5, 0.6) is 5.75 Å². The molecule has 0 saturated carbocycles. The number of benzene rings is 1. The van der Waals surface area contributed by atoms with Gasteiger partial charge in [-0.05, 0) is 25.5 Å². The van der Waals surface area contributed by atoms with Gasteiger partial charge in [0.15, 0.2) is 0 Å². The van der Waals surface area contributed by atoms with Crippen LogP contribution in [0.3, 0.4) is 0 Å². The Morgan fingerprint density at radius 2 is 2.00 bits per heavy atom. The fourth-order valence-electron chi connectivity index (χ4n) is 2.41. The lowest BCUT2D eigenvalue weighted by Gasteiger charge is -2.39. The zero-order chi connectivity index (χ0) is 13.0. The van der Waals surface area contributed by atoms with Gasteiger partial charge in [0, 0.05) is 44.0 Å². The molecule has 1 saturated heterocycles. The monoisotopic (exact) mass is 247 g/mol. The third kappa shape index (κ3) is 2.96. The molecule has 2 rings (SSSR count). The third-order valence-corrected chi connectivity index (χ3v) is 3.77. The van der Waals surface area contributed by atoms with Gasteiger partial charge in [0.05, 0.1) is 7.11 Å². The van der Waals surface area contributed by atoms with E-state index < -0.39 is 0 Å². The molecule has 1 fully saturated rings. The maximum atomic E-state index is 5.28. The number of rotatable bonds is 4. The van der Waals surface area contributed by atoms with Gasteiger partial charge in [-0.3, -0.25) is 4.90 Å². The van der Waals surface area contributed by atoms with E-state index in [-0.39, 0.29) is 0 Å². The van der Waals surface area contributed by atoms with Crippen molar-refractivity contribution in [1.29, 1.82) is 0 Å². The third-order valence-electron chi connectivity index (χ3n) is 3.77. The Balaban J connectivity index is 1.96. The Labute approximate surface area is 110 Å². The minimum atomic E-state index is 0.595. The second-order valence-corrected chi connectivity index (χ2v) is 4.86. The Bertz CT molecular complexity index is 373. The molecule has 0 aliphatic carbocycles. The molecule has 1 atom stereocenters. The van der Waals surface area contributed by atoms with Gasteiger partial charge >= 0.3 is 0 Å². The van der Waals surface area contributed by atoms with Crippen LogP contribution in [0.1, 0.15) is 13.3 Å². The second-order valence-electron chi connectivity index (χ2n) is 4.86. The number of hydrogen-bond acceptors (Lipinski definition) is 3. The predicted octanol–water partition coefficient (Wildman–Crippen LogP) is 2.43. The standard InChI is InChI=1S/C15H23N2O/c1-4-13(2)16-8-10-17(11-9-16)14-6-5-7-15(12-14)18-3/h5-7,12-13H,1,4,8-11H2,2-3H3. The normalized spacial score (nSPS) is 18.7. The van der Waals surface area contributed by atoms with Crippen LogP contribution in [0.2, 0.25) is 0 Å². The summed E-state index contributed by atoms with van der Waals surface area (Å²) in [5.41, 5.74) is 1.26. The Kier molecular flexibility index (Phi) is 4.48. The molecule has 0 aromatic heterocycles. The van der Waals surface area contributed by atoms with Crippen molar-refractivity contribution in [3.05, 3.63) is 31.2 Å². The van der Waals surface area contributed by atoms with Gasteiger partial charge in [-0.15, -0.1) is 0 Å². The SMILES string of the molecule is [CH2]CC(C)N1CCN(c2cccc(OC)c2)CC1. The fourth-order valence-corrected chi connectivity index (χ4v) is 2.41. The van der Waals surface area contributed by atoms with E-state index in [4.69, 9.17) is 4.74 Å². The topological polar surface area (TPSA) is 15.7 Å². The molecule has 0 amide bonds. The van der Waals surface area contributed by atoms with Crippen molar-refractivity contribution >= 4 is 5.69 Å². The second kappa shape index (κ2) is 6.10. The van der Waals surface area contributed by atoms with Crippen LogP contribution in [0, 0.1) is 6.92 Å². The highest BCUT2D eigenvalue weighted by Crippen LogP contribution is 2.22. The maximum Gasteiger partial charge on any atom is 0.120 e. The molecule has 1 aromatic rings. The number of anilines is 1. The summed E-state index contributed by atoms with van der Waals surface area (Å²) in [6.45, 7) is 10.6. The highest BCUT2D eigenvalue weighted by molar-refractivity contribution is 5.51. The van der Waals surface area contributed by atoms with Crippen LogP contribution < -0.4 is 9.64 Å². The molecule has 1 unspecified atom stereocenters. The largest absolute Gasteiger partial charge is 0.497 e. The summed E-state index contributed by atoms with van der Waals surface area (Å²) < 4.78 is 5.28. The first-order chi connectivity index (χ1) is 8.74. The van der Waals surface area contributed by atoms with Gasteiger partial charge in [0.25, 0.3) is 0 Å². The molecule has 1 aliphatic rings. The number of ether oxygens (including phenoxy) is 1. The van der Waals surface area contributed by atoms with Crippen molar-refractivity contribution in [2.24, 2.45) is 0 Å². The first-order valence-electron chi connectivity index (χ1n) is 6.67. The summed E-state index contributed by atoms with van der Waals surface area (Å²) in [7, 11) is 1.72. The molecule has 1 radical (unpaired) electrons. The zero-order valence-electron chi connectivity index (χ0n) is 11.4. The van der Waals surface area contributed by atoms with Gasteiger partial charge in [0.1, 0.15) is 5.75 Å². The lowest BCUT2D eigenvalue weighted by atomic mass is 10.1. The molecule has 18 heavy (non-hydrogen) atoms. The summed E-state index contributed by atoms with van der Waals surface area (Å²) in [6, 6.07) is 8.91. The van der Waals surface area contributed by atoms with E-state index in [1.165, 1.54) is 5.69 Å². The number of piperazine rings is 1. The van der Waals surface area contributed by atoms with Crippen molar-refractivity contribution in [2.75, 3.05) is 38.2 Å². The van der Waals surface area contributed by atoms with E-state index in [2.05, 4.69) is 41.8 Å². The van der Waals surface area contributed by atoms with Crippen molar-refractivity contribution in [3.63, 3.8) is 0 Å². The smallest absolute Gasteiger partial charge is 0.120 e. The molecule has 1 heterocycles. The van der Waals surface area contributed by atoms with Crippen LogP contribution in [0.15, 0.2) is 24.3 Å². The lowest BCUT2D eigenvalue weighted by molar-refractivity contribution is 0.197. The predicted molar refractivity (Wildman–Crippen MR) is 76.2 cm³/mol. The average Bonchev–Trinajstić information content (AvgIpc) is 2.46. The summed E-state index contributed by atoms with van der Waals surface area (Å²) in [4.78, 5) is 4.94. The molecular weight excluding hydrogens is 224 g/mol. The highest BCUT2D eigenvalue weighted by atomic mass is 16.5. The molecular formula is C15H23N2O. The van der Waals surface area contributed by atoms with E-state index in [0.29, 0.717) is 6.04 Å². The van der Waals surface area contributed by atoms with Crippen LogP contribution in [-0.2, 0) is 0 Å². The summed E-state index contributed by atoms with van der Waals surface area (Å²) in [5.74, 6) is 0.932. The lowest BCUT2D eigenvalue weighted by Crippen LogP contribution is -2.49. The first kappa shape index (κ1) is 13.2. The molecule has 3 nitrogen and oxygen atoms in total. The van der Waals surface area contributed by atoms with Crippen molar-refractivity contribution < 1.29 is 4.74 Å². The molecule has 1 aliphatic heterocycles. The number of hydrogen-bond donors (Lipinski definition) is 0. The van der Waals surface area contributed by atoms with Crippen molar-refractivity contribution in [3.8, 4) is 5.75 Å². The summed E-state index contributed by atoms with van der Waals surface area (Å²) in [5, 5.41) is 0. The van der Waals surface area contributed by atoms with Gasteiger partial charge in [-0.1, -0.05) is 13.0 Å². The van der Waals surface area contributed by atoms with Crippen molar-refractivity contribution in [1.82, 2.24) is 4.90 Å². The fraction of sp³-hybridized carbons (Fsp3) is 0.533. The Morgan fingerprint density at radius 1 is 1.28 bits per heavy atom. The number of nitrogens with zero attached hydrogens (tertiary/aromatic N) is 2. The number of methoxy groups -OCH3 is 1. The molecule has 0 N–H and O–H groups in total. The van der Waals surface area contributed by atoms with Crippen LogP contribution in [0.25, 0.3) is 0 Å². The van der Waals surface area contributed by atoms with Gasteiger partial charge < -0.3 is 9.64 Å². The average molecular weight is 247 g/mol. The van der Waals surface area contributed by atoms with Crippen LogP contribution in [-0.4, -0.2) is 44.2 Å². The minimum absolute atomic E-state index is 0.595. The van der Waals surface area contributed by atoms with Crippen LogP contribution >= 0.6 is 0 Å². The Morgan fingerprint density at radius 3 is 2.61 bits per heavy atom. The molecule has 3 heteroatoms. The van der Waals surface area contributed by atoms with Gasteiger partial charge in [-0.25, -0.2) is 0 Å².